The molecule has 3 aromatic rings. The highest BCUT2D eigenvalue weighted by Crippen LogP contribution is 2.25. The Morgan fingerprint density at radius 2 is 1.96 bits per heavy atom. The maximum Gasteiger partial charge on any atom is 0.344 e. The van der Waals surface area contributed by atoms with Gasteiger partial charge in [-0.25, -0.2) is 4.79 Å². The predicted octanol–water partition coefficient (Wildman–Crippen LogP) is 5.39. The molecule has 0 aliphatic heterocycles. The van der Waals surface area contributed by atoms with E-state index in [4.69, 9.17) is 20.8 Å². The molecule has 0 atom stereocenters. The predicted molar refractivity (Wildman–Crippen MR) is 97.1 cm³/mol. The molecule has 116 valence electrons. The maximum atomic E-state index is 12.0. The second-order valence-corrected chi connectivity index (χ2v) is 6.24. The molecule has 5 heteroatoms. The summed E-state index contributed by atoms with van der Waals surface area (Å²) in [6.45, 7) is 0. The molecule has 2 aromatic carbocycles. The van der Waals surface area contributed by atoms with Crippen LogP contribution in [0.25, 0.3) is 22.9 Å². The highest BCUT2D eigenvalue weighted by Gasteiger charge is 2.05. The molecular weight excluding hydrogens is 380 g/mol. The van der Waals surface area contributed by atoms with E-state index in [0.29, 0.717) is 16.2 Å². The third-order valence-electron chi connectivity index (χ3n) is 3.36. The fraction of sp³-hybridized carbons (Fsp3) is 0.0556. The van der Waals surface area contributed by atoms with Gasteiger partial charge in [0.05, 0.1) is 12.5 Å². The number of rotatable bonds is 3. The average molecular weight is 392 g/mol. The summed E-state index contributed by atoms with van der Waals surface area (Å²) in [5.74, 6) is 1.20. The van der Waals surface area contributed by atoms with Gasteiger partial charge in [-0.15, -0.1) is 0 Å². The third-order valence-corrected chi connectivity index (χ3v) is 4.09. The van der Waals surface area contributed by atoms with Gasteiger partial charge in [0.15, 0.2) is 0 Å². The van der Waals surface area contributed by atoms with Crippen LogP contribution in [0.4, 0.5) is 0 Å². The van der Waals surface area contributed by atoms with Gasteiger partial charge in [-0.3, -0.25) is 0 Å². The van der Waals surface area contributed by atoms with Crippen LogP contribution in [0, 0.1) is 0 Å². The van der Waals surface area contributed by atoms with Crippen molar-refractivity contribution in [2.45, 2.75) is 0 Å². The lowest BCUT2D eigenvalue weighted by Crippen LogP contribution is -2.00. The minimum absolute atomic E-state index is 0.411. The van der Waals surface area contributed by atoms with Crippen LogP contribution < -0.4 is 10.4 Å². The topological polar surface area (TPSA) is 39.4 Å². The smallest absolute Gasteiger partial charge is 0.344 e. The minimum Gasteiger partial charge on any atom is -0.496 e. The Balaban J connectivity index is 2.03. The van der Waals surface area contributed by atoms with Crippen LogP contribution in [0.3, 0.4) is 0 Å². The van der Waals surface area contributed by atoms with E-state index < -0.39 is 5.63 Å². The Morgan fingerprint density at radius 1 is 1.13 bits per heavy atom. The van der Waals surface area contributed by atoms with E-state index in [1.807, 2.05) is 24.3 Å². The van der Waals surface area contributed by atoms with Crippen molar-refractivity contribution in [2.24, 2.45) is 0 Å². The molecule has 0 radical (unpaired) electrons. The Morgan fingerprint density at radius 3 is 2.74 bits per heavy atom. The largest absolute Gasteiger partial charge is 0.496 e. The van der Waals surface area contributed by atoms with E-state index in [0.717, 1.165) is 21.2 Å². The summed E-state index contributed by atoms with van der Waals surface area (Å²) < 4.78 is 11.6. The average Bonchev–Trinajstić information content (AvgIpc) is 2.54. The van der Waals surface area contributed by atoms with E-state index in [9.17, 15) is 4.79 Å². The number of benzene rings is 2. The zero-order chi connectivity index (χ0) is 16.4. The number of halogens is 2. The molecule has 0 aliphatic carbocycles. The van der Waals surface area contributed by atoms with Crippen molar-refractivity contribution in [3.8, 4) is 5.75 Å². The lowest BCUT2D eigenvalue weighted by atomic mass is 10.1. The minimum atomic E-state index is -0.411. The van der Waals surface area contributed by atoms with Gasteiger partial charge < -0.3 is 9.15 Å². The monoisotopic (exact) mass is 390 g/mol. The van der Waals surface area contributed by atoms with E-state index in [2.05, 4.69) is 15.9 Å². The van der Waals surface area contributed by atoms with Crippen LogP contribution in [0.2, 0.25) is 5.02 Å². The number of methoxy groups -OCH3 is 1. The second-order valence-electron chi connectivity index (χ2n) is 4.89. The first kappa shape index (κ1) is 15.8. The second kappa shape index (κ2) is 6.60. The number of hydrogen-bond acceptors (Lipinski definition) is 3. The number of fused-ring (bicyclic) bond motifs is 1. The van der Waals surface area contributed by atoms with Gasteiger partial charge in [-0.2, -0.15) is 0 Å². The molecule has 1 heterocycles. The molecular formula is C18H12BrClO3. The van der Waals surface area contributed by atoms with Gasteiger partial charge in [0.2, 0.25) is 0 Å². The molecule has 0 fully saturated rings. The fourth-order valence-corrected chi connectivity index (χ4v) is 2.82. The molecule has 3 rings (SSSR count). The van der Waals surface area contributed by atoms with Gasteiger partial charge in [-0.05, 0) is 53.9 Å². The van der Waals surface area contributed by atoms with Crippen LogP contribution >= 0.6 is 27.5 Å². The normalized spacial score (nSPS) is 11.3. The first-order chi connectivity index (χ1) is 11.1. The highest BCUT2D eigenvalue weighted by atomic mass is 79.9. The van der Waals surface area contributed by atoms with Crippen molar-refractivity contribution in [1.29, 1.82) is 0 Å². The van der Waals surface area contributed by atoms with E-state index in [-0.39, 0.29) is 0 Å². The maximum absolute atomic E-state index is 12.0. The van der Waals surface area contributed by atoms with Crippen molar-refractivity contribution in [3.05, 3.63) is 73.7 Å². The van der Waals surface area contributed by atoms with Gasteiger partial charge in [0, 0.05) is 15.1 Å². The van der Waals surface area contributed by atoms with Gasteiger partial charge in [-0.1, -0.05) is 33.6 Å². The molecule has 0 saturated carbocycles. The molecule has 1 aromatic heterocycles. The molecule has 3 nitrogen and oxygen atoms in total. The van der Waals surface area contributed by atoms with Crippen LogP contribution in [-0.4, -0.2) is 7.11 Å². The van der Waals surface area contributed by atoms with Crippen molar-refractivity contribution < 1.29 is 9.15 Å². The summed E-state index contributed by atoms with van der Waals surface area (Å²) in [7, 11) is 1.61. The van der Waals surface area contributed by atoms with Crippen molar-refractivity contribution in [3.63, 3.8) is 0 Å². The summed E-state index contributed by atoms with van der Waals surface area (Å²) in [5.41, 5.74) is 0.464. The van der Waals surface area contributed by atoms with Crippen LogP contribution in [-0.2, 0) is 0 Å². The molecule has 0 spiro atoms. The molecule has 23 heavy (non-hydrogen) atoms. The highest BCUT2D eigenvalue weighted by molar-refractivity contribution is 9.10. The molecule has 0 amide bonds. The fourth-order valence-electron chi connectivity index (χ4n) is 2.27. The van der Waals surface area contributed by atoms with Crippen LogP contribution in [0.1, 0.15) is 11.3 Å². The SMILES string of the molecule is COc1ccc(Br)cc1/C=C\c1cc2ccc(Cl)cc2c(=O)o1. The molecule has 0 bridgehead atoms. The zero-order valence-electron chi connectivity index (χ0n) is 12.2. The lowest BCUT2D eigenvalue weighted by Gasteiger charge is -2.05. The lowest BCUT2D eigenvalue weighted by molar-refractivity contribution is 0.414. The summed E-state index contributed by atoms with van der Waals surface area (Å²) in [4.78, 5) is 12.0. The third kappa shape index (κ3) is 3.49. The molecule has 0 saturated heterocycles. The zero-order valence-corrected chi connectivity index (χ0v) is 14.5. The Hall–Kier alpha value is -2.04. The first-order valence-electron chi connectivity index (χ1n) is 6.82. The summed E-state index contributed by atoms with van der Waals surface area (Å²) >= 11 is 9.33. The van der Waals surface area contributed by atoms with E-state index in [1.54, 1.807) is 37.5 Å². The van der Waals surface area contributed by atoms with Gasteiger partial charge in [0.25, 0.3) is 0 Å². The molecule has 0 N–H and O–H groups in total. The summed E-state index contributed by atoms with van der Waals surface area (Å²) in [6, 6.07) is 12.6. The van der Waals surface area contributed by atoms with E-state index in [1.165, 1.54) is 0 Å². The van der Waals surface area contributed by atoms with Gasteiger partial charge >= 0.3 is 5.63 Å². The van der Waals surface area contributed by atoms with Crippen molar-refractivity contribution in [1.82, 2.24) is 0 Å². The van der Waals surface area contributed by atoms with Crippen LogP contribution in [0.5, 0.6) is 5.75 Å². The van der Waals surface area contributed by atoms with Gasteiger partial charge in [0.1, 0.15) is 11.5 Å². The summed E-state index contributed by atoms with van der Waals surface area (Å²) in [5, 5.41) is 1.76. The Kier molecular flexibility index (Phi) is 4.55. The van der Waals surface area contributed by atoms with E-state index >= 15 is 0 Å². The first-order valence-corrected chi connectivity index (χ1v) is 7.99. The quantitative estimate of drug-likeness (QED) is 0.601. The Bertz CT molecular complexity index is 960. The summed E-state index contributed by atoms with van der Waals surface area (Å²) in [6.07, 6.45) is 3.57. The molecule has 0 aliphatic rings. The van der Waals surface area contributed by atoms with Crippen molar-refractivity contribution in [2.75, 3.05) is 7.11 Å². The number of hydrogen-bond donors (Lipinski definition) is 0. The Labute approximate surface area is 146 Å². The van der Waals surface area contributed by atoms with Crippen LogP contribution in [0.15, 0.2) is 56.1 Å². The van der Waals surface area contributed by atoms with Crippen molar-refractivity contribution >= 4 is 50.5 Å². The number of ether oxygens (including phenoxy) is 1. The molecule has 0 unspecified atom stereocenters. The standard InChI is InChI=1S/C18H12BrClO3/c1-22-17-7-4-13(19)8-12(17)3-6-15-9-11-2-5-14(20)10-16(11)18(21)23-15/h2-10H,1H3/b6-3-.